The van der Waals surface area contributed by atoms with Crippen LogP contribution in [0.25, 0.3) is 10.9 Å². The number of ether oxygens (including phenoxy) is 3. The van der Waals surface area contributed by atoms with E-state index in [9.17, 15) is 8.42 Å². The summed E-state index contributed by atoms with van der Waals surface area (Å²) in [5.41, 5.74) is 2.66. The highest BCUT2D eigenvalue weighted by atomic mass is 35.5. The number of hydrazone groups is 1. The van der Waals surface area contributed by atoms with Crippen molar-refractivity contribution in [1.82, 2.24) is 9.40 Å². The van der Waals surface area contributed by atoms with Gasteiger partial charge in [0.2, 0.25) is 16.8 Å². The van der Waals surface area contributed by atoms with Crippen molar-refractivity contribution < 1.29 is 22.6 Å². The lowest BCUT2D eigenvalue weighted by Crippen LogP contribution is -2.26. The first-order chi connectivity index (χ1) is 14.8. The number of halogens is 1. The molecule has 160 valence electrons. The summed E-state index contributed by atoms with van der Waals surface area (Å²) in [6.07, 6.45) is 1.48. The van der Waals surface area contributed by atoms with E-state index >= 15 is 0 Å². The zero-order chi connectivity index (χ0) is 21.8. The van der Waals surface area contributed by atoms with Gasteiger partial charge in [-0.15, -0.1) is 0 Å². The Kier molecular flexibility index (Phi) is 4.67. The molecule has 1 atom stereocenters. The van der Waals surface area contributed by atoms with E-state index in [1.807, 2.05) is 36.4 Å². The molecule has 2 aliphatic heterocycles. The van der Waals surface area contributed by atoms with Crippen LogP contribution in [0.4, 0.5) is 0 Å². The smallest absolute Gasteiger partial charge is 0.247 e. The fraction of sp³-hybridized carbons (Fsp3) is 0.238. The first-order valence-electron chi connectivity index (χ1n) is 9.44. The summed E-state index contributed by atoms with van der Waals surface area (Å²) in [4.78, 5) is 4.48. The summed E-state index contributed by atoms with van der Waals surface area (Å²) in [5.74, 6) is 1.93. The van der Waals surface area contributed by atoms with Gasteiger partial charge in [0.25, 0.3) is 0 Å². The Bertz CT molecular complexity index is 1330. The number of sulfonamides is 1. The van der Waals surface area contributed by atoms with E-state index in [4.69, 9.17) is 25.8 Å². The average molecular weight is 460 g/mol. The Balaban J connectivity index is 1.57. The minimum atomic E-state index is -3.64. The van der Waals surface area contributed by atoms with Crippen LogP contribution in [-0.4, -0.2) is 43.7 Å². The SMILES string of the molecule is COc1ccc(C2=NN(S(C)(=O)=O)C(c3cc4cc5c(cc4nc3Cl)OCO5)C2)cc1. The number of hydrogen-bond acceptors (Lipinski definition) is 7. The van der Waals surface area contributed by atoms with E-state index in [1.165, 1.54) is 0 Å². The molecule has 0 amide bonds. The maximum atomic E-state index is 12.5. The van der Waals surface area contributed by atoms with Gasteiger partial charge >= 0.3 is 0 Å². The van der Waals surface area contributed by atoms with Gasteiger partial charge in [0, 0.05) is 23.4 Å². The molecule has 8 nitrogen and oxygen atoms in total. The number of rotatable bonds is 4. The summed E-state index contributed by atoms with van der Waals surface area (Å²) in [6.45, 7) is 0.149. The fourth-order valence-electron chi connectivity index (χ4n) is 3.77. The van der Waals surface area contributed by atoms with E-state index in [-0.39, 0.29) is 11.9 Å². The minimum absolute atomic E-state index is 0.149. The van der Waals surface area contributed by atoms with Gasteiger partial charge in [-0.25, -0.2) is 13.4 Å². The number of hydrogen-bond donors (Lipinski definition) is 0. The summed E-state index contributed by atoms with van der Waals surface area (Å²) >= 11 is 6.51. The second-order valence-corrected chi connectivity index (χ2v) is 9.50. The van der Waals surface area contributed by atoms with Crippen LogP contribution in [0.5, 0.6) is 17.2 Å². The Hall–Kier alpha value is -3.04. The quantitative estimate of drug-likeness (QED) is 0.552. The maximum Gasteiger partial charge on any atom is 0.247 e. The monoisotopic (exact) mass is 459 g/mol. The van der Waals surface area contributed by atoms with Crippen LogP contribution in [0.15, 0.2) is 47.6 Å². The molecule has 5 rings (SSSR count). The van der Waals surface area contributed by atoms with Crippen molar-refractivity contribution in [1.29, 1.82) is 0 Å². The van der Waals surface area contributed by atoms with Crippen molar-refractivity contribution in [3.63, 3.8) is 0 Å². The number of aromatic nitrogens is 1. The summed E-state index contributed by atoms with van der Waals surface area (Å²) < 4.78 is 42.2. The van der Waals surface area contributed by atoms with Gasteiger partial charge in [0.15, 0.2) is 11.5 Å². The highest BCUT2D eigenvalue weighted by Gasteiger charge is 2.36. The molecule has 0 N–H and O–H groups in total. The van der Waals surface area contributed by atoms with Crippen LogP contribution in [0.1, 0.15) is 23.6 Å². The Morgan fingerprint density at radius 1 is 1.13 bits per heavy atom. The molecule has 0 fully saturated rings. The number of pyridine rings is 1. The van der Waals surface area contributed by atoms with Gasteiger partial charge in [-0.1, -0.05) is 11.6 Å². The van der Waals surface area contributed by atoms with Crippen LogP contribution in [0.3, 0.4) is 0 Å². The van der Waals surface area contributed by atoms with Gasteiger partial charge in [-0.05, 0) is 42.0 Å². The number of benzene rings is 2. The topological polar surface area (TPSA) is 90.3 Å². The summed E-state index contributed by atoms with van der Waals surface area (Å²) in [5, 5.41) is 5.40. The van der Waals surface area contributed by atoms with E-state index in [0.717, 1.165) is 21.6 Å². The second-order valence-electron chi connectivity index (χ2n) is 7.30. The second kappa shape index (κ2) is 7.28. The standard InChI is InChI=1S/C21H18ClN3O5S/c1-28-14-5-3-12(4-6-14)17-9-18(25(24-17)31(2,26)27)15-7-13-8-19-20(30-11-29-19)10-16(13)23-21(15)22/h3-8,10,18H,9,11H2,1-2H3. The van der Waals surface area contributed by atoms with Crippen molar-refractivity contribution in [3.05, 3.63) is 58.7 Å². The molecule has 0 spiro atoms. The molecule has 0 saturated carbocycles. The van der Waals surface area contributed by atoms with Gasteiger partial charge in [0.05, 0.1) is 30.6 Å². The lowest BCUT2D eigenvalue weighted by atomic mass is 9.99. The zero-order valence-electron chi connectivity index (χ0n) is 16.7. The molecule has 1 unspecified atom stereocenters. The Morgan fingerprint density at radius 3 is 2.52 bits per heavy atom. The lowest BCUT2D eigenvalue weighted by molar-refractivity contribution is 0.174. The highest BCUT2D eigenvalue weighted by molar-refractivity contribution is 7.88. The third-order valence-corrected chi connectivity index (χ3v) is 6.60. The third-order valence-electron chi connectivity index (χ3n) is 5.28. The molecule has 1 aromatic heterocycles. The molecular weight excluding hydrogens is 442 g/mol. The highest BCUT2D eigenvalue weighted by Crippen LogP contribution is 2.41. The van der Waals surface area contributed by atoms with E-state index in [0.29, 0.717) is 40.5 Å². The Labute approximate surface area is 184 Å². The minimum Gasteiger partial charge on any atom is -0.497 e. The summed E-state index contributed by atoms with van der Waals surface area (Å²) in [7, 11) is -2.06. The van der Waals surface area contributed by atoms with Gasteiger partial charge in [-0.2, -0.15) is 9.52 Å². The van der Waals surface area contributed by atoms with Gasteiger partial charge in [-0.3, -0.25) is 0 Å². The molecule has 0 aliphatic carbocycles. The average Bonchev–Trinajstić information content (AvgIpc) is 3.38. The molecule has 31 heavy (non-hydrogen) atoms. The lowest BCUT2D eigenvalue weighted by Gasteiger charge is -2.22. The van der Waals surface area contributed by atoms with Crippen LogP contribution < -0.4 is 14.2 Å². The van der Waals surface area contributed by atoms with Crippen LogP contribution in [-0.2, 0) is 10.0 Å². The van der Waals surface area contributed by atoms with Crippen LogP contribution >= 0.6 is 11.6 Å². The number of methoxy groups -OCH3 is 1. The van der Waals surface area contributed by atoms with Crippen molar-refractivity contribution >= 4 is 38.2 Å². The Morgan fingerprint density at radius 2 is 1.84 bits per heavy atom. The van der Waals surface area contributed by atoms with E-state index < -0.39 is 16.1 Å². The van der Waals surface area contributed by atoms with Crippen LogP contribution in [0.2, 0.25) is 5.15 Å². The van der Waals surface area contributed by atoms with Gasteiger partial charge < -0.3 is 14.2 Å². The number of nitrogens with zero attached hydrogens (tertiary/aromatic N) is 3. The molecular formula is C21H18ClN3O5S. The molecule has 0 radical (unpaired) electrons. The fourth-order valence-corrected chi connectivity index (χ4v) is 4.94. The van der Waals surface area contributed by atoms with Crippen molar-refractivity contribution in [3.8, 4) is 17.2 Å². The normalized spacial score (nSPS) is 17.8. The van der Waals surface area contributed by atoms with Crippen LogP contribution in [0, 0.1) is 0 Å². The molecule has 3 aromatic rings. The largest absolute Gasteiger partial charge is 0.497 e. The molecule has 2 aromatic carbocycles. The first-order valence-corrected chi connectivity index (χ1v) is 11.7. The van der Waals surface area contributed by atoms with Crippen molar-refractivity contribution in [2.45, 2.75) is 12.5 Å². The predicted molar refractivity (Wildman–Crippen MR) is 116 cm³/mol. The van der Waals surface area contributed by atoms with E-state index in [1.54, 1.807) is 13.2 Å². The predicted octanol–water partition coefficient (Wildman–Crippen LogP) is 3.74. The zero-order valence-corrected chi connectivity index (χ0v) is 18.3. The van der Waals surface area contributed by atoms with Crippen molar-refractivity contribution in [2.24, 2.45) is 5.10 Å². The first kappa shape index (κ1) is 19.9. The number of fused-ring (bicyclic) bond motifs is 2. The molecule has 10 heteroatoms. The summed E-state index contributed by atoms with van der Waals surface area (Å²) in [6, 6.07) is 12.1. The molecule has 0 bridgehead atoms. The van der Waals surface area contributed by atoms with E-state index in [2.05, 4.69) is 10.1 Å². The third kappa shape index (κ3) is 3.53. The molecule has 3 heterocycles. The van der Waals surface area contributed by atoms with Gasteiger partial charge in [0.1, 0.15) is 10.9 Å². The van der Waals surface area contributed by atoms with Crippen molar-refractivity contribution in [2.75, 3.05) is 20.2 Å². The molecule has 2 aliphatic rings. The molecule has 0 saturated heterocycles. The maximum absolute atomic E-state index is 12.5.